The zero-order valence-electron chi connectivity index (χ0n) is 4.09. The number of aromatic amines is 1. The molecule has 0 unspecified atom stereocenters. The van der Waals surface area contributed by atoms with Crippen LogP contribution in [0.15, 0.2) is 17.2 Å². The van der Waals surface area contributed by atoms with Crippen LogP contribution in [0.5, 0.6) is 0 Å². The Balaban J connectivity index is 3.22. The lowest BCUT2D eigenvalue weighted by atomic mass is 10.7. The molecule has 42 valence electrons. The van der Waals surface area contributed by atoms with Crippen LogP contribution >= 0.6 is 0 Å². The van der Waals surface area contributed by atoms with Crippen molar-refractivity contribution in [2.45, 2.75) is 0 Å². The van der Waals surface area contributed by atoms with E-state index in [1.807, 2.05) is 0 Å². The smallest absolute Gasteiger partial charge is 0.266 e. The monoisotopic (exact) mass is 111 g/mol. The predicted molar refractivity (Wildman–Crippen MR) is 29.3 cm³/mol. The van der Waals surface area contributed by atoms with E-state index < -0.39 is 0 Å². The van der Waals surface area contributed by atoms with Gasteiger partial charge in [0.2, 0.25) is 0 Å². The molecule has 0 saturated carbocycles. The van der Waals surface area contributed by atoms with E-state index in [0.717, 1.165) is 6.20 Å². The van der Waals surface area contributed by atoms with Gasteiger partial charge in [-0.15, -0.1) is 0 Å². The van der Waals surface area contributed by atoms with E-state index in [2.05, 4.69) is 9.97 Å². The Morgan fingerprint density at radius 1 is 1.75 bits per heavy atom. The van der Waals surface area contributed by atoms with E-state index in [0.29, 0.717) is 5.82 Å². The standard InChI is InChI=1S/C4H5N3O/c5-3-1-7-4(8)2-6-3/h1-2H,(H2,5,6)(H,7,8). The first kappa shape index (κ1) is 4.83. The van der Waals surface area contributed by atoms with Crippen molar-refractivity contribution in [2.75, 3.05) is 5.73 Å². The highest BCUT2D eigenvalue weighted by Crippen LogP contribution is 1.81. The van der Waals surface area contributed by atoms with Gasteiger partial charge in [0.25, 0.3) is 5.56 Å². The molecule has 1 heterocycles. The van der Waals surface area contributed by atoms with Crippen LogP contribution in [0.3, 0.4) is 0 Å². The fourth-order valence-corrected chi connectivity index (χ4v) is 0.353. The van der Waals surface area contributed by atoms with Crippen LogP contribution in [0.2, 0.25) is 0 Å². The number of aromatic nitrogens is 2. The molecule has 0 aliphatic heterocycles. The lowest BCUT2D eigenvalue weighted by molar-refractivity contribution is 1.15. The summed E-state index contributed by atoms with van der Waals surface area (Å²) >= 11 is 0. The highest BCUT2D eigenvalue weighted by atomic mass is 16.1. The van der Waals surface area contributed by atoms with Crippen molar-refractivity contribution < 1.29 is 0 Å². The van der Waals surface area contributed by atoms with Gasteiger partial charge in [-0.1, -0.05) is 0 Å². The lowest BCUT2D eigenvalue weighted by Crippen LogP contribution is -2.05. The molecule has 0 aromatic carbocycles. The molecule has 4 nitrogen and oxygen atoms in total. The van der Waals surface area contributed by atoms with Crippen molar-refractivity contribution >= 4 is 5.82 Å². The maximum atomic E-state index is 10.2. The average Bonchev–Trinajstić information content (AvgIpc) is 1.77. The number of rotatable bonds is 0. The number of nitrogen functional groups attached to an aromatic ring is 1. The Morgan fingerprint density at radius 3 is 2.88 bits per heavy atom. The van der Waals surface area contributed by atoms with Crippen molar-refractivity contribution in [3.05, 3.63) is 22.7 Å². The normalized spacial score (nSPS) is 9.00. The zero-order valence-corrected chi connectivity index (χ0v) is 4.09. The highest BCUT2D eigenvalue weighted by molar-refractivity contribution is 5.20. The molecular weight excluding hydrogens is 106 g/mol. The van der Waals surface area contributed by atoms with Crippen LogP contribution in [0.25, 0.3) is 0 Å². The van der Waals surface area contributed by atoms with Gasteiger partial charge in [0.05, 0.1) is 6.20 Å². The number of hydrogen-bond donors (Lipinski definition) is 2. The maximum absolute atomic E-state index is 10.2. The molecule has 0 aliphatic rings. The van der Waals surface area contributed by atoms with Crippen molar-refractivity contribution in [2.24, 2.45) is 0 Å². The van der Waals surface area contributed by atoms with Crippen molar-refractivity contribution in [1.82, 2.24) is 9.97 Å². The molecule has 8 heavy (non-hydrogen) atoms. The summed E-state index contributed by atoms with van der Waals surface area (Å²) in [6.45, 7) is 0. The van der Waals surface area contributed by atoms with Gasteiger partial charge in [-0.05, 0) is 0 Å². The molecule has 1 aromatic heterocycles. The summed E-state index contributed by atoms with van der Waals surface area (Å²) in [4.78, 5) is 16.1. The summed E-state index contributed by atoms with van der Waals surface area (Å²) in [5, 5.41) is 0. The largest absolute Gasteiger partial charge is 0.382 e. The zero-order chi connectivity index (χ0) is 5.98. The summed E-state index contributed by atoms with van der Waals surface area (Å²) in [7, 11) is 0. The van der Waals surface area contributed by atoms with E-state index in [1.54, 1.807) is 0 Å². The SMILES string of the molecule is Nc1c[nH]c(=O)cn1. The topological polar surface area (TPSA) is 71.8 Å². The Morgan fingerprint density at radius 2 is 2.50 bits per heavy atom. The van der Waals surface area contributed by atoms with Gasteiger partial charge in [-0.25, -0.2) is 4.98 Å². The van der Waals surface area contributed by atoms with Crippen molar-refractivity contribution in [3.63, 3.8) is 0 Å². The minimum absolute atomic E-state index is 0.237. The van der Waals surface area contributed by atoms with Gasteiger partial charge in [0.15, 0.2) is 0 Å². The molecule has 1 rings (SSSR count). The second-order valence-corrected chi connectivity index (χ2v) is 1.34. The third-order valence-electron chi connectivity index (χ3n) is 0.693. The van der Waals surface area contributed by atoms with Gasteiger partial charge in [-0.3, -0.25) is 4.79 Å². The Labute approximate surface area is 45.4 Å². The fourth-order valence-electron chi connectivity index (χ4n) is 0.353. The van der Waals surface area contributed by atoms with Crippen LogP contribution in [-0.4, -0.2) is 9.97 Å². The van der Waals surface area contributed by atoms with Gasteiger partial charge in [0.1, 0.15) is 5.82 Å². The first-order chi connectivity index (χ1) is 3.79. The quantitative estimate of drug-likeness (QED) is 0.467. The molecule has 0 atom stereocenters. The Hall–Kier alpha value is -1.32. The number of nitrogens with one attached hydrogen (secondary N) is 1. The highest BCUT2D eigenvalue weighted by Gasteiger charge is 1.80. The second kappa shape index (κ2) is 1.65. The lowest BCUT2D eigenvalue weighted by Gasteiger charge is -1.83. The van der Waals surface area contributed by atoms with E-state index >= 15 is 0 Å². The summed E-state index contributed by atoms with van der Waals surface area (Å²) in [5.41, 5.74) is 4.91. The fraction of sp³-hybridized carbons (Fsp3) is 0. The molecular formula is C4H5N3O. The Bertz CT molecular complexity index is 208. The van der Waals surface area contributed by atoms with E-state index in [1.165, 1.54) is 6.20 Å². The molecule has 0 bridgehead atoms. The van der Waals surface area contributed by atoms with Crippen LogP contribution in [-0.2, 0) is 0 Å². The second-order valence-electron chi connectivity index (χ2n) is 1.34. The molecule has 0 radical (unpaired) electrons. The number of hydrogen-bond acceptors (Lipinski definition) is 3. The number of anilines is 1. The van der Waals surface area contributed by atoms with E-state index in [-0.39, 0.29) is 5.56 Å². The summed E-state index contributed by atoms with van der Waals surface area (Å²) < 4.78 is 0. The average molecular weight is 111 g/mol. The molecule has 0 saturated heterocycles. The van der Waals surface area contributed by atoms with Gasteiger partial charge in [-0.2, -0.15) is 0 Å². The van der Waals surface area contributed by atoms with Crippen molar-refractivity contribution in [1.29, 1.82) is 0 Å². The van der Waals surface area contributed by atoms with Gasteiger partial charge >= 0.3 is 0 Å². The summed E-state index contributed by atoms with van der Waals surface area (Å²) in [6, 6.07) is 0. The molecule has 3 N–H and O–H groups in total. The van der Waals surface area contributed by atoms with Crippen LogP contribution in [0, 0.1) is 0 Å². The van der Waals surface area contributed by atoms with Crippen LogP contribution < -0.4 is 11.3 Å². The van der Waals surface area contributed by atoms with E-state index in [4.69, 9.17) is 5.73 Å². The van der Waals surface area contributed by atoms with Crippen LogP contribution in [0.1, 0.15) is 0 Å². The Kier molecular flexibility index (Phi) is 0.997. The van der Waals surface area contributed by atoms with Crippen LogP contribution in [0.4, 0.5) is 5.82 Å². The van der Waals surface area contributed by atoms with Gasteiger partial charge < -0.3 is 10.7 Å². The minimum atomic E-state index is -0.237. The molecule has 4 heteroatoms. The predicted octanol–water partition coefficient (Wildman–Crippen LogP) is -0.648. The third-order valence-corrected chi connectivity index (χ3v) is 0.693. The first-order valence-corrected chi connectivity index (χ1v) is 2.09. The molecule has 0 aliphatic carbocycles. The first-order valence-electron chi connectivity index (χ1n) is 2.09. The van der Waals surface area contributed by atoms with E-state index in [9.17, 15) is 4.79 Å². The van der Waals surface area contributed by atoms with Crippen molar-refractivity contribution in [3.8, 4) is 0 Å². The molecule has 0 spiro atoms. The number of H-pyrrole nitrogens is 1. The summed E-state index contributed by atoms with van der Waals surface area (Å²) in [6.07, 6.45) is 2.48. The van der Waals surface area contributed by atoms with Gasteiger partial charge in [0, 0.05) is 6.20 Å². The minimum Gasteiger partial charge on any atom is -0.382 e. The number of nitrogens with two attached hydrogens (primary N) is 1. The molecule has 1 aromatic rings. The summed E-state index contributed by atoms with van der Waals surface area (Å²) in [5.74, 6) is 0.324. The third kappa shape index (κ3) is 0.841. The maximum Gasteiger partial charge on any atom is 0.266 e. The molecule has 0 fully saturated rings. The number of nitrogens with zero attached hydrogens (tertiary/aromatic N) is 1. The molecule has 0 amide bonds.